The summed E-state index contributed by atoms with van der Waals surface area (Å²) in [6, 6.07) is 3.56. The second kappa shape index (κ2) is 7.34. The highest BCUT2D eigenvalue weighted by Crippen LogP contribution is 2.36. The highest BCUT2D eigenvalue weighted by molar-refractivity contribution is 6.07. The largest absolute Gasteiger partial charge is 0.495 e. The minimum absolute atomic E-state index is 0.0778. The molecule has 2 aliphatic heterocycles. The van der Waals surface area contributed by atoms with Gasteiger partial charge in [-0.05, 0) is 62.5 Å². The van der Waals surface area contributed by atoms with E-state index < -0.39 is 0 Å². The van der Waals surface area contributed by atoms with E-state index in [2.05, 4.69) is 17.1 Å². The van der Waals surface area contributed by atoms with Crippen molar-refractivity contribution < 1.29 is 14.3 Å². The fraction of sp³-hybridized carbons (Fsp3) is 0.579. The summed E-state index contributed by atoms with van der Waals surface area (Å²) in [6.45, 7) is 5.58. The number of ketones is 1. The van der Waals surface area contributed by atoms with Crippen LogP contribution in [0, 0.1) is 5.92 Å². The van der Waals surface area contributed by atoms with Gasteiger partial charge in [0.05, 0.1) is 19.2 Å². The normalized spacial score (nSPS) is 18.3. The summed E-state index contributed by atoms with van der Waals surface area (Å²) in [7, 11) is 1.57. The molecule has 0 radical (unpaired) electrons. The van der Waals surface area contributed by atoms with Gasteiger partial charge in [0.25, 0.3) is 0 Å². The summed E-state index contributed by atoms with van der Waals surface area (Å²) < 4.78 is 5.28. The lowest BCUT2D eigenvalue weighted by Crippen LogP contribution is -2.33. The molecular weight excluding hydrogens is 304 g/mol. The van der Waals surface area contributed by atoms with Crippen LogP contribution >= 0.6 is 0 Å². The lowest BCUT2D eigenvalue weighted by molar-refractivity contribution is -0.115. The maximum absolute atomic E-state index is 12.6. The van der Waals surface area contributed by atoms with Crippen LogP contribution in [0.3, 0.4) is 0 Å². The van der Waals surface area contributed by atoms with Crippen LogP contribution in [0.25, 0.3) is 0 Å². The Kier molecular flexibility index (Phi) is 5.19. The first-order valence-electron chi connectivity index (χ1n) is 8.83. The van der Waals surface area contributed by atoms with Crippen LogP contribution in [0.4, 0.5) is 5.69 Å². The minimum Gasteiger partial charge on any atom is -0.495 e. The molecule has 0 aromatic heterocycles. The van der Waals surface area contributed by atoms with Gasteiger partial charge in [0.15, 0.2) is 5.78 Å². The Hall–Kier alpha value is -1.88. The Balaban J connectivity index is 1.60. The highest BCUT2D eigenvalue weighted by atomic mass is 16.5. The molecule has 1 amide bonds. The molecule has 2 heterocycles. The van der Waals surface area contributed by atoms with Gasteiger partial charge in [-0.1, -0.05) is 6.92 Å². The number of piperidine rings is 1. The number of benzene rings is 1. The number of anilines is 1. The van der Waals surface area contributed by atoms with Crippen LogP contribution in [0.1, 0.15) is 48.5 Å². The molecule has 0 atom stereocenters. The van der Waals surface area contributed by atoms with Gasteiger partial charge in [-0.2, -0.15) is 0 Å². The first kappa shape index (κ1) is 17.0. The number of amides is 1. The van der Waals surface area contributed by atoms with Gasteiger partial charge in [-0.25, -0.2) is 0 Å². The molecule has 1 saturated heterocycles. The molecule has 1 aromatic rings. The van der Waals surface area contributed by atoms with Crippen molar-refractivity contribution in [2.75, 3.05) is 32.1 Å². The van der Waals surface area contributed by atoms with Crippen molar-refractivity contribution in [3.8, 4) is 5.75 Å². The zero-order valence-corrected chi connectivity index (χ0v) is 14.6. The van der Waals surface area contributed by atoms with Crippen LogP contribution in [0.2, 0.25) is 0 Å². The van der Waals surface area contributed by atoms with Crippen molar-refractivity contribution >= 4 is 17.4 Å². The molecule has 3 rings (SSSR count). The number of carbonyl (C=O) groups is 2. The quantitative estimate of drug-likeness (QED) is 0.815. The number of ether oxygens (including phenoxy) is 1. The molecule has 1 fully saturated rings. The lowest BCUT2D eigenvalue weighted by Gasteiger charge is -2.30. The first-order chi connectivity index (χ1) is 11.6. The molecule has 0 unspecified atom stereocenters. The van der Waals surface area contributed by atoms with Crippen LogP contribution in [0.15, 0.2) is 12.1 Å². The Morgan fingerprint density at radius 1 is 1.33 bits per heavy atom. The molecule has 1 aromatic carbocycles. The summed E-state index contributed by atoms with van der Waals surface area (Å²) in [6.07, 6.45) is 4.17. The third kappa shape index (κ3) is 3.61. The van der Waals surface area contributed by atoms with Crippen molar-refractivity contribution in [1.82, 2.24) is 4.90 Å². The van der Waals surface area contributed by atoms with E-state index in [9.17, 15) is 9.59 Å². The second-order valence-electron chi connectivity index (χ2n) is 6.94. The number of Topliss-reactive ketones (excluding diaryl/α,β-unsaturated/α-hetero) is 1. The topological polar surface area (TPSA) is 58.6 Å². The SMILES string of the molecule is COc1ccc(C(=O)CCCN2CCC(C)CC2)c2c1NC(=O)C2. The van der Waals surface area contributed by atoms with Gasteiger partial charge in [-0.15, -0.1) is 0 Å². The fourth-order valence-electron chi connectivity index (χ4n) is 3.61. The Bertz CT molecular complexity index is 634. The fourth-order valence-corrected chi connectivity index (χ4v) is 3.61. The van der Waals surface area contributed by atoms with Crippen molar-refractivity contribution in [1.29, 1.82) is 0 Å². The van der Waals surface area contributed by atoms with Gasteiger partial charge >= 0.3 is 0 Å². The van der Waals surface area contributed by atoms with Crippen molar-refractivity contribution in [2.45, 2.75) is 39.0 Å². The summed E-state index contributed by atoms with van der Waals surface area (Å²) in [5, 5.41) is 2.80. The van der Waals surface area contributed by atoms with E-state index in [1.165, 1.54) is 12.8 Å². The van der Waals surface area contributed by atoms with Gasteiger partial charge in [0, 0.05) is 12.0 Å². The lowest BCUT2D eigenvalue weighted by atomic mass is 9.97. The minimum atomic E-state index is -0.0778. The molecule has 0 bridgehead atoms. The van der Waals surface area contributed by atoms with Crippen LogP contribution in [-0.2, 0) is 11.2 Å². The molecule has 130 valence electrons. The predicted molar refractivity (Wildman–Crippen MR) is 93.7 cm³/mol. The predicted octanol–water partition coefficient (Wildman–Crippen LogP) is 2.88. The molecule has 5 nitrogen and oxygen atoms in total. The van der Waals surface area contributed by atoms with E-state index in [4.69, 9.17) is 4.74 Å². The number of nitrogens with one attached hydrogen (secondary N) is 1. The van der Waals surface area contributed by atoms with Gasteiger partial charge in [0.2, 0.25) is 5.91 Å². The summed E-state index contributed by atoms with van der Waals surface area (Å²) in [5.74, 6) is 1.49. The summed E-state index contributed by atoms with van der Waals surface area (Å²) in [5.41, 5.74) is 2.12. The van der Waals surface area contributed by atoms with E-state index in [0.29, 0.717) is 23.4 Å². The average molecular weight is 330 g/mol. The molecule has 0 spiro atoms. The highest BCUT2D eigenvalue weighted by Gasteiger charge is 2.27. The van der Waals surface area contributed by atoms with E-state index in [0.717, 1.165) is 37.5 Å². The van der Waals surface area contributed by atoms with Crippen molar-refractivity contribution in [3.05, 3.63) is 23.3 Å². The number of likely N-dealkylation sites (tertiary alicyclic amines) is 1. The molecule has 1 N–H and O–H groups in total. The number of carbonyl (C=O) groups excluding carboxylic acids is 2. The number of rotatable bonds is 6. The Labute approximate surface area is 143 Å². The third-order valence-electron chi connectivity index (χ3n) is 5.15. The summed E-state index contributed by atoms with van der Waals surface area (Å²) in [4.78, 5) is 26.8. The molecule has 2 aliphatic rings. The standard InChI is InChI=1S/C19H26N2O3/c1-13-7-10-21(11-8-13)9-3-4-16(22)14-5-6-17(24-2)19-15(14)12-18(23)20-19/h5-6,13H,3-4,7-12H2,1-2H3,(H,20,23). The van der Waals surface area contributed by atoms with Crippen LogP contribution in [0.5, 0.6) is 5.75 Å². The van der Waals surface area contributed by atoms with Gasteiger partial charge in [0.1, 0.15) is 5.75 Å². The molecular formula is C19H26N2O3. The second-order valence-corrected chi connectivity index (χ2v) is 6.94. The van der Waals surface area contributed by atoms with E-state index in [1.54, 1.807) is 19.2 Å². The van der Waals surface area contributed by atoms with Crippen LogP contribution in [-0.4, -0.2) is 43.3 Å². The molecule has 5 heteroatoms. The Morgan fingerprint density at radius 2 is 2.08 bits per heavy atom. The zero-order valence-electron chi connectivity index (χ0n) is 14.6. The van der Waals surface area contributed by atoms with Gasteiger partial charge < -0.3 is 15.0 Å². The number of nitrogens with zero attached hydrogens (tertiary/aromatic N) is 1. The number of fused-ring (bicyclic) bond motifs is 1. The summed E-state index contributed by atoms with van der Waals surface area (Å²) >= 11 is 0. The maximum atomic E-state index is 12.6. The Morgan fingerprint density at radius 3 is 2.79 bits per heavy atom. The molecule has 0 aliphatic carbocycles. The maximum Gasteiger partial charge on any atom is 0.229 e. The number of hydrogen-bond acceptors (Lipinski definition) is 4. The monoisotopic (exact) mass is 330 g/mol. The van der Waals surface area contributed by atoms with E-state index in [1.807, 2.05) is 0 Å². The van der Waals surface area contributed by atoms with Crippen molar-refractivity contribution in [2.24, 2.45) is 5.92 Å². The van der Waals surface area contributed by atoms with Gasteiger partial charge in [-0.3, -0.25) is 9.59 Å². The van der Waals surface area contributed by atoms with E-state index in [-0.39, 0.29) is 18.1 Å². The smallest absolute Gasteiger partial charge is 0.229 e. The third-order valence-corrected chi connectivity index (χ3v) is 5.15. The number of hydrogen-bond donors (Lipinski definition) is 1. The molecule has 24 heavy (non-hydrogen) atoms. The zero-order chi connectivity index (χ0) is 17.1. The molecule has 0 saturated carbocycles. The average Bonchev–Trinajstić information content (AvgIpc) is 2.96. The first-order valence-corrected chi connectivity index (χ1v) is 8.83. The van der Waals surface area contributed by atoms with Crippen LogP contribution < -0.4 is 10.1 Å². The van der Waals surface area contributed by atoms with Crippen molar-refractivity contribution in [3.63, 3.8) is 0 Å². The van der Waals surface area contributed by atoms with E-state index >= 15 is 0 Å². The number of methoxy groups -OCH3 is 1.